The van der Waals surface area contributed by atoms with Crippen LogP contribution in [-0.4, -0.2) is 41.0 Å². The molecule has 0 unspecified atom stereocenters. The van der Waals surface area contributed by atoms with Crippen molar-refractivity contribution in [2.75, 3.05) is 26.3 Å². The Labute approximate surface area is 108 Å². The van der Waals surface area contributed by atoms with Crippen molar-refractivity contribution in [3.05, 3.63) is 28.9 Å². The lowest BCUT2D eigenvalue weighted by molar-refractivity contribution is 0.0221. The van der Waals surface area contributed by atoms with Crippen LogP contribution in [0.4, 0.5) is 0 Å². The molecule has 1 saturated heterocycles. The van der Waals surface area contributed by atoms with E-state index in [9.17, 15) is 0 Å². The molecule has 4 nitrogen and oxygen atoms in total. The highest BCUT2D eigenvalue weighted by Crippen LogP contribution is 2.23. The molecule has 0 bridgehead atoms. The van der Waals surface area contributed by atoms with E-state index in [1.54, 1.807) is 0 Å². The van der Waals surface area contributed by atoms with Crippen LogP contribution in [0.25, 0.3) is 10.9 Å². The lowest BCUT2D eigenvalue weighted by Gasteiger charge is -2.26. The third kappa shape index (κ3) is 2.22. The fourth-order valence-corrected chi connectivity index (χ4v) is 2.57. The molecule has 1 aromatic carbocycles. The standard InChI is InChI=1S/C12H14BrN3O/c13-11-2-1-3-12-10(11)8-14-16(12)9-15-4-6-17-7-5-15/h1-3,8H,4-7,9H2. The summed E-state index contributed by atoms with van der Waals surface area (Å²) in [6.45, 7) is 4.44. The maximum atomic E-state index is 5.35. The molecule has 1 aliphatic rings. The van der Waals surface area contributed by atoms with E-state index in [1.165, 1.54) is 10.9 Å². The van der Waals surface area contributed by atoms with Gasteiger partial charge in [-0.05, 0) is 12.1 Å². The van der Waals surface area contributed by atoms with Crippen LogP contribution >= 0.6 is 15.9 Å². The minimum absolute atomic E-state index is 0.822. The highest BCUT2D eigenvalue weighted by atomic mass is 79.9. The lowest BCUT2D eigenvalue weighted by atomic mass is 10.2. The quantitative estimate of drug-likeness (QED) is 0.850. The molecular formula is C12H14BrN3O. The number of hydrogen-bond acceptors (Lipinski definition) is 3. The van der Waals surface area contributed by atoms with Crippen molar-refractivity contribution in [3.8, 4) is 0 Å². The summed E-state index contributed by atoms with van der Waals surface area (Å²) in [4.78, 5) is 2.36. The third-order valence-electron chi connectivity index (χ3n) is 3.07. The predicted molar refractivity (Wildman–Crippen MR) is 69.8 cm³/mol. The van der Waals surface area contributed by atoms with Crippen molar-refractivity contribution in [2.45, 2.75) is 6.67 Å². The van der Waals surface area contributed by atoms with Crippen LogP contribution in [0, 0.1) is 0 Å². The van der Waals surface area contributed by atoms with Gasteiger partial charge in [0.15, 0.2) is 0 Å². The molecule has 1 aromatic heterocycles. The number of benzene rings is 1. The number of aromatic nitrogens is 2. The average Bonchev–Trinajstić information content (AvgIpc) is 2.76. The van der Waals surface area contributed by atoms with Gasteiger partial charge in [0.05, 0.1) is 31.6 Å². The zero-order chi connectivity index (χ0) is 11.7. The first-order chi connectivity index (χ1) is 8.34. The summed E-state index contributed by atoms with van der Waals surface area (Å²) in [5.41, 5.74) is 1.17. The van der Waals surface area contributed by atoms with E-state index in [4.69, 9.17) is 4.74 Å². The maximum Gasteiger partial charge on any atom is 0.0937 e. The number of ether oxygens (including phenoxy) is 1. The minimum Gasteiger partial charge on any atom is -0.379 e. The number of hydrogen-bond donors (Lipinski definition) is 0. The van der Waals surface area contributed by atoms with Crippen LogP contribution < -0.4 is 0 Å². The van der Waals surface area contributed by atoms with Gasteiger partial charge in [-0.15, -0.1) is 0 Å². The number of nitrogens with zero attached hydrogens (tertiary/aromatic N) is 3. The van der Waals surface area contributed by atoms with E-state index in [0.29, 0.717) is 0 Å². The van der Waals surface area contributed by atoms with Gasteiger partial charge in [-0.3, -0.25) is 9.58 Å². The number of fused-ring (bicyclic) bond motifs is 1. The van der Waals surface area contributed by atoms with Crippen molar-refractivity contribution < 1.29 is 4.74 Å². The maximum absolute atomic E-state index is 5.35. The van der Waals surface area contributed by atoms with E-state index < -0.39 is 0 Å². The van der Waals surface area contributed by atoms with Gasteiger partial charge in [0.1, 0.15) is 0 Å². The van der Waals surface area contributed by atoms with Crippen molar-refractivity contribution in [3.63, 3.8) is 0 Å². The molecule has 0 aliphatic carbocycles. The van der Waals surface area contributed by atoms with Crippen LogP contribution in [0.3, 0.4) is 0 Å². The molecule has 0 radical (unpaired) electrons. The Morgan fingerprint density at radius 1 is 1.29 bits per heavy atom. The molecule has 1 fully saturated rings. The van der Waals surface area contributed by atoms with Gasteiger partial charge in [0.25, 0.3) is 0 Å². The summed E-state index contributed by atoms with van der Waals surface area (Å²) < 4.78 is 8.49. The van der Waals surface area contributed by atoms with Crippen LogP contribution in [0.1, 0.15) is 0 Å². The average molecular weight is 296 g/mol. The molecule has 0 atom stereocenters. The molecule has 0 saturated carbocycles. The zero-order valence-corrected chi connectivity index (χ0v) is 11.1. The second-order valence-corrected chi connectivity index (χ2v) is 5.04. The van der Waals surface area contributed by atoms with E-state index in [2.05, 4.69) is 32.0 Å². The molecule has 0 N–H and O–H groups in total. The van der Waals surface area contributed by atoms with Gasteiger partial charge < -0.3 is 4.74 Å². The molecular weight excluding hydrogens is 282 g/mol. The summed E-state index contributed by atoms with van der Waals surface area (Å²) in [5, 5.41) is 5.62. The van der Waals surface area contributed by atoms with Crippen molar-refractivity contribution in [1.82, 2.24) is 14.7 Å². The number of rotatable bonds is 2. The largest absolute Gasteiger partial charge is 0.379 e. The first-order valence-electron chi connectivity index (χ1n) is 5.75. The summed E-state index contributed by atoms with van der Waals surface area (Å²) in [5.74, 6) is 0. The fourth-order valence-electron chi connectivity index (χ4n) is 2.11. The van der Waals surface area contributed by atoms with Crippen molar-refractivity contribution >= 4 is 26.8 Å². The first-order valence-corrected chi connectivity index (χ1v) is 6.54. The monoisotopic (exact) mass is 295 g/mol. The first kappa shape index (κ1) is 11.2. The van der Waals surface area contributed by atoms with Gasteiger partial charge in [-0.2, -0.15) is 5.10 Å². The highest BCUT2D eigenvalue weighted by molar-refractivity contribution is 9.10. The van der Waals surface area contributed by atoms with E-state index in [0.717, 1.165) is 37.4 Å². The molecule has 0 amide bonds. The number of morpholine rings is 1. The Kier molecular flexibility index (Phi) is 3.13. The van der Waals surface area contributed by atoms with Crippen LogP contribution in [0.5, 0.6) is 0 Å². The van der Waals surface area contributed by atoms with Crippen LogP contribution in [-0.2, 0) is 11.4 Å². The van der Waals surface area contributed by atoms with E-state index >= 15 is 0 Å². The van der Waals surface area contributed by atoms with E-state index in [1.807, 2.05) is 23.0 Å². The molecule has 2 heterocycles. The molecule has 2 aromatic rings. The Balaban J connectivity index is 1.87. The zero-order valence-electron chi connectivity index (χ0n) is 9.47. The Bertz CT molecular complexity index is 519. The summed E-state index contributed by atoms with van der Waals surface area (Å²) in [6, 6.07) is 6.19. The van der Waals surface area contributed by atoms with Gasteiger partial charge in [0, 0.05) is 22.9 Å². The third-order valence-corrected chi connectivity index (χ3v) is 3.76. The van der Waals surface area contributed by atoms with Gasteiger partial charge in [-0.25, -0.2) is 0 Å². The SMILES string of the molecule is Brc1cccc2c1cnn2CN1CCOCC1. The minimum atomic E-state index is 0.822. The van der Waals surface area contributed by atoms with Gasteiger partial charge in [0.2, 0.25) is 0 Å². The Morgan fingerprint density at radius 3 is 2.94 bits per heavy atom. The van der Waals surface area contributed by atoms with Gasteiger partial charge in [-0.1, -0.05) is 22.0 Å². The predicted octanol–water partition coefficient (Wildman–Crippen LogP) is 2.09. The van der Waals surface area contributed by atoms with Crippen LogP contribution in [0.2, 0.25) is 0 Å². The Hall–Kier alpha value is -0.910. The lowest BCUT2D eigenvalue weighted by Crippen LogP contribution is -2.37. The Morgan fingerprint density at radius 2 is 2.12 bits per heavy atom. The molecule has 5 heteroatoms. The smallest absolute Gasteiger partial charge is 0.0937 e. The highest BCUT2D eigenvalue weighted by Gasteiger charge is 2.12. The molecule has 17 heavy (non-hydrogen) atoms. The molecule has 1 aliphatic heterocycles. The normalized spacial score (nSPS) is 17.7. The van der Waals surface area contributed by atoms with Crippen LogP contribution in [0.15, 0.2) is 28.9 Å². The molecule has 0 spiro atoms. The second-order valence-electron chi connectivity index (χ2n) is 4.19. The van der Waals surface area contributed by atoms with E-state index in [-0.39, 0.29) is 0 Å². The fraction of sp³-hybridized carbons (Fsp3) is 0.417. The second kappa shape index (κ2) is 4.76. The number of halogens is 1. The van der Waals surface area contributed by atoms with Gasteiger partial charge >= 0.3 is 0 Å². The summed E-state index contributed by atoms with van der Waals surface area (Å²) in [6.07, 6.45) is 1.92. The topological polar surface area (TPSA) is 30.3 Å². The molecule has 90 valence electrons. The summed E-state index contributed by atoms with van der Waals surface area (Å²) in [7, 11) is 0. The van der Waals surface area contributed by atoms with Crippen molar-refractivity contribution in [1.29, 1.82) is 0 Å². The molecule has 3 rings (SSSR count). The summed E-state index contributed by atoms with van der Waals surface area (Å²) >= 11 is 3.55. The van der Waals surface area contributed by atoms with Crippen molar-refractivity contribution in [2.24, 2.45) is 0 Å².